The number of fused-ring (bicyclic) bond motifs is 1. The summed E-state index contributed by atoms with van der Waals surface area (Å²) >= 11 is 0. The molecule has 1 saturated heterocycles. The van der Waals surface area contributed by atoms with Gasteiger partial charge in [-0.3, -0.25) is 4.79 Å². The van der Waals surface area contributed by atoms with Crippen LogP contribution in [0.25, 0.3) is 0 Å². The molecule has 4 rings (SSSR count). The van der Waals surface area contributed by atoms with Gasteiger partial charge in [0.15, 0.2) is 11.5 Å². The Morgan fingerprint density at radius 2 is 1.89 bits per heavy atom. The minimum absolute atomic E-state index is 0.0115. The van der Waals surface area contributed by atoms with Crippen LogP contribution in [0, 0.1) is 11.7 Å². The van der Waals surface area contributed by atoms with Gasteiger partial charge in [0.2, 0.25) is 12.7 Å². The Kier molecular flexibility index (Phi) is 5.01. The zero-order valence-electron chi connectivity index (χ0n) is 15.1. The predicted octanol–water partition coefficient (Wildman–Crippen LogP) is 2.41. The third-order valence-electron chi connectivity index (χ3n) is 4.79. The zero-order chi connectivity index (χ0) is 19.5. The highest BCUT2D eigenvalue weighted by Crippen LogP contribution is 2.37. The van der Waals surface area contributed by atoms with Crippen molar-refractivity contribution in [3.05, 3.63) is 53.8 Å². The molecule has 0 unspecified atom stereocenters. The maximum atomic E-state index is 12.9. The number of halogens is 1. The number of carbonyl (C=O) groups excluding carboxylic acids is 2. The van der Waals surface area contributed by atoms with Crippen molar-refractivity contribution in [1.29, 1.82) is 0 Å². The van der Waals surface area contributed by atoms with Gasteiger partial charge < -0.3 is 25.0 Å². The number of nitrogens with one attached hydrogen (secondary N) is 2. The predicted molar refractivity (Wildman–Crippen MR) is 99.7 cm³/mol. The van der Waals surface area contributed by atoms with Gasteiger partial charge in [-0.15, -0.1) is 0 Å². The van der Waals surface area contributed by atoms with Gasteiger partial charge in [0, 0.05) is 43.7 Å². The molecule has 2 aromatic carbocycles. The Hall–Kier alpha value is -3.29. The molecule has 1 atom stereocenters. The lowest BCUT2D eigenvalue weighted by Gasteiger charge is -2.17. The fourth-order valence-electron chi connectivity index (χ4n) is 3.31. The number of hydrogen-bond donors (Lipinski definition) is 2. The van der Waals surface area contributed by atoms with E-state index >= 15 is 0 Å². The van der Waals surface area contributed by atoms with Gasteiger partial charge in [-0.1, -0.05) is 12.1 Å². The van der Waals surface area contributed by atoms with Gasteiger partial charge in [0.25, 0.3) is 0 Å². The van der Waals surface area contributed by atoms with E-state index in [0.717, 1.165) is 11.3 Å². The van der Waals surface area contributed by atoms with Crippen LogP contribution in [0.4, 0.5) is 14.9 Å². The van der Waals surface area contributed by atoms with Crippen molar-refractivity contribution >= 4 is 17.6 Å². The van der Waals surface area contributed by atoms with Crippen LogP contribution in [0.3, 0.4) is 0 Å². The van der Waals surface area contributed by atoms with E-state index in [1.54, 1.807) is 29.2 Å². The van der Waals surface area contributed by atoms with E-state index in [-0.39, 0.29) is 30.5 Å². The molecule has 0 spiro atoms. The third kappa shape index (κ3) is 4.00. The monoisotopic (exact) mass is 385 g/mol. The van der Waals surface area contributed by atoms with Crippen LogP contribution in [-0.2, 0) is 11.3 Å². The third-order valence-corrected chi connectivity index (χ3v) is 4.79. The summed E-state index contributed by atoms with van der Waals surface area (Å²) in [5, 5.41) is 5.52. The van der Waals surface area contributed by atoms with Crippen molar-refractivity contribution in [1.82, 2.24) is 10.6 Å². The van der Waals surface area contributed by atoms with Crippen LogP contribution < -0.4 is 25.0 Å². The second-order valence-electron chi connectivity index (χ2n) is 6.80. The number of nitrogens with zero attached hydrogens (tertiary/aromatic N) is 1. The van der Waals surface area contributed by atoms with Crippen LogP contribution in [0.1, 0.15) is 12.0 Å². The average molecular weight is 385 g/mol. The second-order valence-corrected chi connectivity index (χ2v) is 6.80. The highest BCUT2D eigenvalue weighted by Gasteiger charge is 2.31. The molecule has 0 aliphatic carbocycles. The topological polar surface area (TPSA) is 79.9 Å². The first-order valence-electron chi connectivity index (χ1n) is 9.04. The van der Waals surface area contributed by atoms with Crippen molar-refractivity contribution in [2.24, 2.45) is 5.92 Å². The van der Waals surface area contributed by atoms with Gasteiger partial charge in [-0.2, -0.15) is 0 Å². The first-order valence-corrected chi connectivity index (χ1v) is 9.04. The molecule has 0 bridgehead atoms. The molecule has 2 heterocycles. The maximum Gasteiger partial charge on any atom is 0.315 e. The molecule has 1 fully saturated rings. The Balaban J connectivity index is 1.26. The first kappa shape index (κ1) is 18.1. The lowest BCUT2D eigenvalue weighted by atomic mass is 10.1. The molecule has 0 aromatic heterocycles. The minimum Gasteiger partial charge on any atom is -0.454 e. The van der Waals surface area contributed by atoms with Gasteiger partial charge in [-0.25, -0.2) is 9.18 Å². The standard InChI is InChI=1S/C20H20FN3O4/c21-15-3-1-13(2-4-15)9-22-20(26)23-10-14-7-19(25)24(11-14)16-5-6-17-18(8-16)28-12-27-17/h1-6,8,14H,7,9-12H2,(H2,22,23,26)/t14-/m0/s1. The number of hydrogen-bond acceptors (Lipinski definition) is 4. The molecule has 2 N–H and O–H groups in total. The normalized spacial score (nSPS) is 17.7. The Labute approximate surface area is 161 Å². The Morgan fingerprint density at radius 3 is 2.71 bits per heavy atom. The smallest absolute Gasteiger partial charge is 0.315 e. The van der Waals surface area contributed by atoms with Crippen molar-refractivity contribution in [2.45, 2.75) is 13.0 Å². The Morgan fingerprint density at radius 1 is 1.11 bits per heavy atom. The van der Waals surface area contributed by atoms with E-state index in [1.807, 2.05) is 6.07 Å². The van der Waals surface area contributed by atoms with E-state index in [9.17, 15) is 14.0 Å². The van der Waals surface area contributed by atoms with E-state index < -0.39 is 0 Å². The van der Waals surface area contributed by atoms with E-state index in [2.05, 4.69) is 10.6 Å². The number of urea groups is 1. The number of benzene rings is 2. The summed E-state index contributed by atoms with van der Waals surface area (Å²) in [6, 6.07) is 11.0. The molecule has 28 heavy (non-hydrogen) atoms. The van der Waals surface area contributed by atoms with Gasteiger partial charge >= 0.3 is 6.03 Å². The molecule has 0 saturated carbocycles. The molecule has 2 aliphatic rings. The molecule has 146 valence electrons. The fourth-order valence-corrected chi connectivity index (χ4v) is 3.31. The first-order chi connectivity index (χ1) is 13.6. The SMILES string of the molecule is O=C(NCc1ccc(F)cc1)NC[C@@H]1CC(=O)N(c2ccc3c(c2)OCO3)C1. The summed E-state index contributed by atoms with van der Waals surface area (Å²) in [4.78, 5) is 26.0. The number of ether oxygens (including phenoxy) is 2. The maximum absolute atomic E-state index is 12.9. The van der Waals surface area contributed by atoms with Gasteiger partial charge in [0.1, 0.15) is 5.82 Å². The second kappa shape index (κ2) is 7.75. The lowest BCUT2D eigenvalue weighted by molar-refractivity contribution is -0.117. The Bertz CT molecular complexity index is 888. The average Bonchev–Trinajstić information content (AvgIpc) is 3.31. The molecule has 3 amide bonds. The number of anilines is 1. The number of amides is 3. The van der Waals surface area contributed by atoms with Crippen LogP contribution in [0.2, 0.25) is 0 Å². The van der Waals surface area contributed by atoms with E-state index in [0.29, 0.717) is 37.6 Å². The summed E-state index contributed by atoms with van der Waals surface area (Å²) in [5.74, 6) is 1.02. The molecule has 2 aliphatic heterocycles. The van der Waals surface area contributed by atoms with Crippen molar-refractivity contribution in [3.63, 3.8) is 0 Å². The summed E-state index contributed by atoms with van der Waals surface area (Å²) in [6.45, 7) is 1.41. The van der Waals surface area contributed by atoms with E-state index in [1.165, 1.54) is 12.1 Å². The summed E-state index contributed by atoms with van der Waals surface area (Å²) in [7, 11) is 0. The molecular formula is C20H20FN3O4. The molecular weight excluding hydrogens is 365 g/mol. The largest absolute Gasteiger partial charge is 0.454 e. The summed E-state index contributed by atoms with van der Waals surface area (Å²) < 4.78 is 23.5. The molecule has 2 aromatic rings. The minimum atomic E-state index is -0.321. The fraction of sp³-hybridized carbons (Fsp3) is 0.300. The zero-order valence-corrected chi connectivity index (χ0v) is 15.1. The molecule has 8 heteroatoms. The molecule has 7 nitrogen and oxygen atoms in total. The number of carbonyl (C=O) groups is 2. The number of rotatable bonds is 5. The van der Waals surface area contributed by atoms with E-state index in [4.69, 9.17) is 9.47 Å². The summed E-state index contributed by atoms with van der Waals surface area (Å²) in [6.07, 6.45) is 0.368. The molecule has 0 radical (unpaired) electrons. The van der Waals surface area contributed by atoms with Crippen LogP contribution in [0.5, 0.6) is 11.5 Å². The van der Waals surface area contributed by atoms with Gasteiger partial charge in [-0.05, 0) is 29.8 Å². The quantitative estimate of drug-likeness (QED) is 0.828. The van der Waals surface area contributed by atoms with Crippen molar-refractivity contribution < 1.29 is 23.5 Å². The van der Waals surface area contributed by atoms with Crippen LogP contribution in [0.15, 0.2) is 42.5 Å². The van der Waals surface area contributed by atoms with Crippen LogP contribution in [-0.4, -0.2) is 31.8 Å². The summed E-state index contributed by atoms with van der Waals surface area (Å²) in [5.41, 5.74) is 1.57. The van der Waals surface area contributed by atoms with Gasteiger partial charge in [0.05, 0.1) is 0 Å². The lowest BCUT2D eigenvalue weighted by Crippen LogP contribution is -2.38. The van der Waals surface area contributed by atoms with Crippen molar-refractivity contribution in [3.8, 4) is 11.5 Å². The highest BCUT2D eigenvalue weighted by atomic mass is 19.1. The van der Waals surface area contributed by atoms with Crippen LogP contribution >= 0.6 is 0 Å². The van der Waals surface area contributed by atoms with Crippen molar-refractivity contribution in [2.75, 3.05) is 24.8 Å². The highest BCUT2D eigenvalue weighted by molar-refractivity contribution is 5.96.